The first-order chi connectivity index (χ1) is 8.65. The molecule has 3 N–H and O–H groups in total. The molecule has 0 aromatic carbocycles. The quantitative estimate of drug-likeness (QED) is 0.654. The fourth-order valence-electron chi connectivity index (χ4n) is 1.93. The zero-order valence-corrected chi connectivity index (χ0v) is 11.1. The average Bonchev–Trinajstić information content (AvgIpc) is 2.22. The number of nitrogens with zero attached hydrogens (tertiary/aromatic N) is 2. The number of halogens is 3. The fraction of sp³-hybridized carbons (Fsp3) is 0.500. The van der Waals surface area contributed by atoms with Crippen LogP contribution in [0.15, 0.2) is 6.07 Å². The van der Waals surface area contributed by atoms with Gasteiger partial charge in [-0.3, -0.25) is 5.41 Å². The first kappa shape index (κ1) is 15.3. The summed E-state index contributed by atoms with van der Waals surface area (Å²) in [5.74, 6) is -0.162. The molecule has 0 aliphatic carbocycles. The van der Waals surface area contributed by atoms with Crippen molar-refractivity contribution in [2.45, 2.75) is 26.9 Å². The number of alkyl halides is 3. The number of nitrogens with one attached hydrogen (secondary N) is 1. The highest BCUT2D eigenvalue weighted by Gasteiger charge is 2.32. The van der Waals surface area contributed by atoms with Crippen molar-refractivity contribution < 1.29 is 13.2 Å². The fourth-order valence-corrected chi connectivity index (χ4v) is 1.93. The summed E-state index contributed by atoms with van der Waals surface area (Å²) in [5, 5.41) is 7.52. The molecule has 1 heterocycles. The van der Waals surface area contributed by atoms with E-state index in [-0.39, 0.29) is 23.8 Å². The normalized spacial score (nSPS) is 11.5. The summed E-state index contributed by atoms with van der Waals surface area (Å²) in [6.07, 6.45) is -4.33. The van der Waals surface area contributed by atoms with Gasteiger partial charge in [0, 0.05) is 12.2 Å². The van der Waals surface area contributed by atoms with Crippen molar-refractivity contribution in [3.05, 3.63) is 22.9 Å². The zero-order valence-electron chi connectivity index (χ0n) is 11.1. The van der Waals surface area contributed by atoms with Crippen LogP contribution in [-0.4, -0.2) is 30.1 Å². The second-order valence-electron chi connectivity index (χ2n) is 4.32. The Hall–Kier alpha value is -1.79. The molecule has 1 rings (SSSR count). The Morgan fingerprint density at radius 3 is 2.42 bits per heavy atom. The van der Waals surface area contributed by atoms with Crippen LogP contribution in [0, 0.1) is 19.3 Å². The van der Waals surface area contributed by atoms with Crippen molar-refractivity contribution in [2.75, 3.05) is 18.0 Å². The summed E-state index contributed by atoms with van der Waals surface area (Å²) in [5.41, 5.74) is 6.96. The van der Waals surface area contributed by atoms with E-state index >= 15 is 0 Å². The van der Waals surface area contributed by atoms with E-state index in [9.17, 15) is 13.2 Å². The Labute approximate surface area is 109 Å². The summed E-state index contributed by atoms with van der Waals surface area (Å²) in [7, 11) is 0. The number of aryl methyl sites for hydroxylation is 2. The SMILES string of the molecule is CCN(CC(F)(F)F)c1nc(C)cc(C)c1C(=N)N. The van der Waals surface area contributed by atoms with Crippen molar-refractivity contribution in [1.82, 2.24) is 4.98 Å². The lowest BCUT2D eigenvalue weighted by Crippen LogP contribution is -2.36. The molecule has 0 bridgehead atoms. The minimum Gasteiger partial charge on any atom is -0.384 e. The summed E-state index contributed by atoms with van der Waals surface area (Å²) in [4.78, 5) is 5.20. The molecular weight excluding hydrogens is 257 g/mol. The molecule has 0 fully saturated rings. The molecule has 0 radical (unpaired) electrons. The van der Waals surface area contributed by atoms with E-state index in [2.05, 4.69) is 4.98 Å². The molecule has 0 atom stereocenters. The number of anilines is 1. The Morgan fingerprint density at radius 2 is 2.00 bits per heavy atom. The number of pyridine rings is 1. The van der Waals surface area contributed by atoms with Gasteiger partial charge in [-0.2, -0.15) is 13.2 Å². The summed E-state index contributed by atoms with van der Waals surface area (Å²) < 4.78 is 37.7. The van der Waals surface area contributed by atoms with Gasteiger partial charge in [-0.15, -0.1) is 0 Å². The maximum atomic E-state index is 12.6. The maximum Gasteiger partial charge on any atom is 0.405 e. The molecule has 0 saturated carbocycles. The largest absolute Gasteiger partial charge is 0.405 e. The number of nitrogen functional groups attached to an aromatic ring is 1. The molecule has 19 heavy (non-hydrogen) atoms. The molecule has 7 heteroatoms. The predicted octanol–water partition coefficient (Wildman–Crippen LogP) is 2.37. The van der Waals surface area contributed by atoms with Crippen molar-refractivity contribution in [1.29, 1.82) is 5.41 Å². The first-order valence-corrected chi connectivity index (χ1v) is 5.80. The van der Waals surface area contributed by atoms with Crippen molar-refractivity contribution >= 4 is 11.7 Å². The van der Waals surface area contributed by atoms with Gasteiger partial charge in [0.2, 0.25) is 0 Å². The molecule has 106 valence electrons. The zero-order chi connectivity index (χ0) is 14.8. The van der Waals surface area contributed by atoms with Gasteiger partial charge in [-0.1, -0.05) is 0 Å². The highest BCUT2D eigenvalue weighted by molar-refractivity contribution is 6.01. The Kier molecular flexibility index (Phi) is 4.39. The monoisotopic (exact) mass is 274 g/mol. The Morgan fingerprint density at radius 1 is 1.42 bits per heavy atom. The van der Waals surface area contributed by atoms with Gasteiger partial charge < -0.3 is 10.6 Å². The van der Waals surface area contributed by atoms with Gasteiger partial charge in [-0.05, 0) is 32.4 Å². The molecule has 0 saturated heterocycles. The molecule has 1 aromatic heterocycles. The number of rotatable bonds is 4. The van der Waals surface area contributed by atoms with E-state index in [1.165, 1.54) is 0 Å². The van der Waals surface area contributed by atoms with E-state index in [1.54, 1.807) is 26.8 Å². The van der Waals surface area contributed by atoms with E-state index in [4.69, 9.17) is 11.1 Å². The van der Waals surface area contributed by atoms with Gasteiger partial charge in [0.15, 0.2) is 0 Å². The number of hydrogen-bond donors (Lipinski definition) is 2. The van der Waals surface area contributed by atoms with Gasteiger partial charge in [0.05, 0.1) is 5.56 Å². The van der Waals surface area contributed by atoms with E-state index in [0.29, 0.717) is 11.3 Å². The van der Waals surface area contributed by atoms with Crippen LogP contribution in [0.3, 0.4) is 0 Å². The summed E-state index contributed by atoms with van der Waals surface area (Å²) in [6, 6.07) is 1.70. The third-order valence-corrected chi connectivity index (χ3v) is 2.65. The van der Waals surface area contributed by atoms with Gasteiger partial charge in [0.25, 0.3) is 0 Å². The first-order valence-electron chi connectivity index (χ1n) is 5.80. The highest BCUT2D eigenvalue weighted by Crippen LogP contribution is 2.25. The molecule has 0 aliphatic heterocycles. The Bertz CT molecular complexity index is 483. The van der Waals surface area contributed by atoms with Crippen LogP contribution < -0.4 is 10.6 Å². The third kappa shape index (κ3) is 3.84. The van der Waals surface area contributed by atoms with Crippen LogP contribution in [0.25, 0.3) is 0 Å². The second kappa shape index (κ2) is 5.46. The van der Waals surface area contributed by atoms with Crippen molar-refractivity contribution in [2.24, 2.45) is 5.73 Å². The van der Waals surface area contributed by atoms with Gasteiger partial charge in [-0.25, -0.2) is 4.98 Å². The molecule has 4 nitrogen and oxygen atoms in total. The van der Waals surface area contributed by atoms with Crippen molar-refractivity contribution in [3.8, 4) is 0 Å². The van der Waals surface area contributed by atoms with Gasteiger partial charge >= 0.3 is 6.18 Å². The van der Waals surface area contributed by atoms with E-state index in [1.807, 2.05) is 0 Å². The van der Waals surface area contributed by atoms with E-state index < -0.39 is 12.7 Å². The highest BCUT2D eigenvalue weighted by atomic mass is 19.4. The molecule has 1 aromatic rings. The minimum atomic E-state index is -4.33. The van der Waals surface area contributed by atoms with Crippen LogP contribution in [0.1, 0.15) is 23.7 Å². The lowest BCUT2D eigenvalue weighted by Gasteiger charge is -2.26. The number of amidine groups is 1. The predicted molar refractivity (Wildman–Crippen MR) is 68.7 cm³/mol. The third-order valence-electron chi connectivity index (χ3n) is 2.65. The molecule has 0 aliphatic rings. The van der Waals surface area contributed by atoms with Crippen LogP contribution >= 0.6 is 0 Å². The molecule has 0 unspecified atom stereocenters. The van der Waals surface area contributed by atoms with Crippen molar-refractivity contribution in [3.63, 3.8) is 0 Å². The lowest BCUT2D eigenvalue weighted by molar-refractivity contribution is -0.119. The molecular formula is C12H17F3N4. The number of aromatic nitrogens is 1. The second-order valence-corrected chi connectivity index (χ2v) is 4.32. The average molecular weight is 274 g/mol. The van der Waals surface area contributed by atoms with Crippen LogP contribution in [0.5, 0.6) is 0 Å². The molecule has 0 amide bonds. The van der Waals surface area contributed by atoms with Crippen LogP contribution in [-0.2, 0) is 0 Å². The standard InChI is InChI=1S/C12H17F3N4/c1-4-19(6-12(13,14)15)11-9(10(16)17)7(2)5-8(3)18-11/h5H,4,6H2,1-3H3,(H3,16,17). The van der Waals surface area contributed by atoms with Gasteiger partial charge in [0.1, 0.15) is 18.2 Å². The topological polar surface area (TPSA) is 66.0 Å². The van der Waals surface area contributed by atoms with Crippen LogP contribution in [0.4, 0.5) is 19.0 Å². The van der Waals surface area contributed by atoms with Crippen LogP contribution in [0.2, 0.25) is 0 Å². The minimum absolute atomic E-state index is 0.116. The maximum absolute atomic E-state index is 12.6. The summed E-state index contributed by atoms with van der Waals surface area (Å²) in [6.45, 7) is 4.03. The smallest absolute Gasteiger partial charge is 0.384 e. The molecule has 0 spiro atoms. The summed E-state index contributed by atoms with van der Waals surface area (Å²) >= 11 is 0. The lowest BCUT2D eigenvalue weighted by atomic mass is 10.1. The Balaban J connectivity index is 3.33. The number of hydrogen-bond acceptors (Lipinski definition) is 3. The number of nitrogens with two attached hydrogens (primary N) is 1. The van der Waals surface area contributed by atoms with E-state index in [0.717, 1.165) is 4.90 Å².